The first-order chi connectivity index (χ1) is 11.0. The van der Waals surface area contributed by atoms with E-state index in [1.165, 1.54) is 29.0 Å². The van der Waals surface area contributed by atoms with Gasteiger partial charge in [0.05, 0.1) is 10.6 Å². The van der Waals surface area contributed by atoms with Crippen LogP contribution in [-0.2, 0) is 14.8 Å². The van der Waals surface area contributed by atoms with Crippen molar-refractivity contribution < 1.29 is 18.4 Å². The van der Waals surface area contributed by atoms with Crippen molar-refractivity contribution in [3.63, 3.8) is 0 Å². The third-order valence-corrected chi connectivity index (χ3v) is 5.06. The maximum atomic E-state index is 12.8. The van der Waals surface area contributed by atoms with Crippen molar-refractivity contribution in [2.45, 2.75) is 4.90 Å². The molecule has 0 aliphatic rings. The second kappa shape index (κ2) is 7.08. The summed E-state index contributed by atoms with van der Waals surface area (Å²) in [7, 11) is -2.33. The fourth-order valence-electron chi connectivity index (χ4n) is 1.98. The van der Waals surface area contributed by atoms with Crippen LogP contribution in [0.2, 0.25) is 0 Å². The van der Waals surface area contributed by atoms with Crippen molar-refractivity contribution in [1.29, 1.82) is 0 Å². The lowest BCUT2D eigenvalue weighted by molar-refractivity contribution is -0.124. The van der Waals surface area contributed by atoms with Crippen molar-refractivity contribution in [3.05, 3.63) is 66.2 Å². The molecule has 0 aromatic heterocycles. The lowest BCUT2D eigenvalue weighted by Crippen LogP contribution is -2.27. The monoisotopic (exact) mass is 332 g/mol. The van der Waals surface area contributed by atoms with Crippen LogP contribution in [0.15, 0.2) is 65.6 Å². The average Bonchev–Trinajstić information content (AvgIpc) is 2.59. The summed E-state index contributed by atoms with van der Waals surface area (Å²) in [4.78, 5) is 11.2. The Morgan fingerprint density at radius 2 is 1.70 bits per heavy atom. The van der Waals surface area contributed by atoms with Crippen molar-refractivity contribution in [3.8, 4) is 0 Å². The number of rotatable bonds is 5. The van der Waals surface area contributed by atoms with Crippen LogP contribution in [0.5, 0.6) is 0 Å². The van der Waals surface area contributed by atoms with Gasteiger partial charge in [-0.05, 0) is 29.8 Å². The molecule has 7 heteroatoms. The lowest BCUT2D eigenvalue weighted by Gasteiger charge is -2.20. The molecule has 2 rings (SSSR count). The SMILES string of the molecule is CN(c1ccccc1)S(=O)(=O)c1ccccc1/C=C/C(=O)NO. The van der Waals surface area contributed by atoms with Crippen molar-refractivity contribution >= 4 is 27.7 Å². The first-order valence-corrected chi connectivity index (χ1v) is 8.16. The summed E-state index contributed by atoms with van der Waals surface area (Å²) in [6.07, 6.45) is 2.38. The van der Waals surface area contributed by atoms with Crippen LogP contribution in [0, 0.1) is 0 Å². The van der Waals surface area contributed by atoms with E-state index in [2.05, 4.69) is 0 Å². The smallest absolute Gasteiger partial charge is 0.267 e. The number of anilines is 1. The summed E-state index contributed by atoms with van der Waals surface area (Å²) >= 11 is 0. The van der Waals surface area contributed by atoms with E-state index in [1.807, 2.05) is 0 Å². The Hall–Kier alpha value is -2.64. The minimum Gasteiger partial charge on any atom is -0.288 e. The number of sulfonamides is 1. The second-order valence-electron chi connectivity index (χ2n) is 4.66. The molecule has 0 heterocycles. The number of hydrogen-bond acceptors (Lipinski definition) is 4. The number of amides is 1. The zero-order chi connectivity index (χ0) is 16.9. The molecule has 2 aromatic carbocycles. The molecule has 0 radical (unpaired) electrons. The van der Waals surface area contributed by atoms with E-state index < -0.39 is 15.9 Å². The van der Waals surface area contributed by atoms with E-state index >= 15 is 0 Å². The molecule has 0 aliphatic carbocycles. The van der Waals surface area contributed by atoms with E-state index in [0.717, 1.165) is 6.08 Å². The number of hydrogen-bond donors (Lipinski definition) is 2. The number of nitrogens with zero attached hydrogens (tertiary/aromatic N) is 1. The molecule has 0 bridgehead atoms. The number of hydroxylamine groups is 1. The number of carbonyl (C=O) groups excluding carboxylic acids is 1. The van der Waals surface area contributed by atoms with Crippen LogP contribution >= 0.6 is 0 Å². The first-order valence-electron chi connectivity index (χ1n) is 6.72. The minimum atomic E-state index is -3.79. The zero-order valence-corrected chi connectivity index (χ0v) is 13.2. The molecule has 0 fully saturated rings. The van der Waals surface area contributed by atoms with Crippen LogP contribution in [0.25, 0.3) is 6.08 Å². The number of para-hydroxylation sites is 1. The Morgan fingerprint density at radius 1 is 1.09 bits per heavy atom. The molecule has 23 heavy (non-hydrogen) atoms. The highest BCUT2D eigenvalue weighted by Gasteiger charge is 2.23. The fourth-order valence-corrected chi connectivity index (χ4v) is 3.36. The van der Waals surface area contributed by atoms with Gasteiger partial charge in [0.2, 0.25) is 0 Å². The van der Waals surface area contributed by atoms with Gasteiger partial charge in [-0.3, -0.25) is 14.3 Å². The summed E-state index contributed by atoms with van der Waals surface area (Å²) in [6, 6.07) is 15.0. The molecular formula is C16H16N2O4S. The van der Waals surface area contributed by atoms with Gasteiger partial charge < -0.3 is 0 Å². The molecule has 0 unspecified atom stereocenters. The summed E-state index contributed by atoms with van der Waals surface area (Å²) in [5.74, 6) is -0.742. The highest BCUT2D eigenvalue weighted by atomic mass is 32.2. The fraction of sp³-hybridized carbons (Fsp3) is 0.0625. The topological polar surface area (TPSA) is 86.7 Å². The van der Waals surface area contributed by atoms with Crippen LogP contribution in [0.4, 0.5) is 5.69 Å². The number of nitrogens with one attached hydrogen (secondary N) is 1. The summed E-state index contributed by atoms with van der Waals surface area (Å²) in [5, 5.41) is 8.50. The molecule has 2 aromatic rings. The number of carbonyl (C=O) groups is 1. The predicted octanol–water partition coefficient (Wildman–Crippen LogP) is 2.03. The second-order valence-corrected chi connectivity index (χ2v) is 6.59. The van der Waals surface area contributed by atoms with E-state index in [-0.39, 0.29) is 4.90 Å². The minimum absolute atomic E-state index is 0.0633. The normalized spacial score (nSPS) is 11.4. The molecule has 0 atom stereocenters. The Morgan fingerprint density at radius 3 is 2.35 bits per heavy atom. The molecule has 0 aliphatic heterocycles. The maximum absolute atomic E-state index is 12.8. The molecule has 0 saturated carbocycles. The third-order valence-electron chi connectivity index (χ3n) is 3.20. The Labute approximate surface area is 134 Å². The Balaban J connectivity index is 2.45. The summed E-state index contributed by atoms with van der Waals surface area (Å²) < 4.78 is 26.8. The zero-order valence-electron chi connectivity index (χ0n) is 12.4. The van der Waals surface area contributed by atoms with Crippen molar-refractivity contribution in [2.75, 3.05) is 11.4 Å². The van der Waals surface area contributed by atoms with Gasteiger partial charge in [0.1, 0.15) is 0 Å². The van der Waals surface area contributed by atoms with Crippen LogP contribution in [0.1, 0.15) is 5.56 Å². The lowest BCUT2D eigenvalue weighted by atomic mass is 10.2. The molecular weight excluding hydrogens is 316 g/mol. The standard InChI is InChI=1S/C16H16N2O4S/c1-18(14-8-3-2-4-9-14)23(21,22)15-10-6-5-7-13(15)11-12-16(19)17-20/h2-12,20H,1H3,(H,17,19)/b12-11+. The molecule has 2 N–H and O–H groups in total. The highest BCUT2D eigenvalue weighted by molar-refractivity contribution is 7.92. The largest absolute Gasteiger partial charge is 0.288 e. The van der Waals surface area contributed by atoms with Crippen LogP contribution < -0.4 is 9.79 Å². The van der Waals surface area contributed by atoms with Gasteiger partial charge in [0.15, 0.2) is 0 Å². The van der Waals surface area contributed by atoms with Gasteiger partial charge in [0.25, 0.3) is 15.9 Å². The molecule has 1 amide bonds. The quantitative estimate of drug-likeness (QED) is 0.498. The Kier molecular flexibility index (Phi) is 5.15. The summed E-state index contributed by atoms with van der Waals surface area (Å²) in [5.41, 5.74) is 2.33. The first kappa shape index (κ1) is 16.7. The van der Waals surface area contributed by atoms with Gasteiger partial charge in [-0.25, -0.2) is 13.9 Å². The molecule has 0 spiro atoms. The third kappa shape index (κ3) is 3.77. The molecule has 120 valence electrons. The highest BCUT2D eigenvalue weighted by Crippen LogP contribution is 2.24. The Bertz CT molecular complexity index is 817. The van der Waals surface area contributed by atoms with E-state index in [9.17, 15) is 13.2 Å². The van der Waals surface area contributed by atoms with Gasteiger partial charge in [-0.1, -0.05) is 36.4 Å². The van der Waals surface area contributed by atoms with E-state index in [0.29, 0.717) is 11.3 Å². The van der Waals surface area contributed by atoms with Gasteiger partial charge in [-0.2, -0.15) is 0 Å². The van der Waals surface area contributed by atoms with Crippen LogP contribution in [0.3, 0.4) is 0 Å². The van der Waals surface area contributed by atoms with E-state index in [4.69, 9.17) is 5.21 Å². The summed E-state index contributed by atoms with van der Waals surface area (Å²) in [6.45, 7) is 0. The van der Waals surface area contributed by atoms with Crippen molar-refractivity contribution in [1.82, 2.24) is 5.48 Å². The van der Waals surface area contributed by atoms with Gasteiger partial charge >= 0.3 is 0 Å². The molecule has 0 saturated heterocycles. The van der Waals surface area contributed by atoms with Crippen LogP contribution in [-0.4, -0.2) is 26.6 Å². The van der Waals surface area contributed by atoms with Gasteiger partial charge in [-0.15, -0.1) is 0 Å². The van der Waals surface area contributed by atoms with E-state index in [1.54, 1.807) is 48.5 Å². The molecule has 6 nitrogen and oxygen atoms in total. The predicted molar refractivity (Wildman–Crippen MR) is 87.4 cm³/mol. The maximum Gasteiger partial charge on any atom is 0.267 e. The van der Waals surface area contributed by atoms with Crippen molar-refractivity contribution in [2.24, 2.45) is 0 Å². The van der Waals surface area contributed by atoms with Gasteiger partial charge in [0, 0.05) is 13.1 Å². The number of benzene rings is 2. The average molecular weight is 332 g/mol.